The fraction of sp³-hybridized carbons (Fsp3) is 0.892. The summed E-state index contributed by atoms with van der Waals surface area (Å²) in [6.07, 6.45) is 52.2. The Bertz CT molecular complexity index is 1920. The Morgan fingerprint density at radius 1 is 0.344 bits per heavy atom. The third kappa shape index (κ3) is 64.0. The number of allylic oxidation sites excluding steroid dienone is 4. The first-order chi connectivity index (χ1) is 44.8. The van der Waals surface area contributed by atoms with Gasteiger partial charge < -0.3 is 33.8 Å². The van der Waals surface area contributed by atoms with E-state index in [1.54, 1.807) is 0 Å². The minimum absolute atomic E-state index is 0.0847. The van der Waals surface area contributed by atoms with Crippen LogP contribution in [0.3, 0.4) is 0 Å². The van der Waals surface area contributed by atoms with Gasteiger partial charge in [-0.3, -0.25) is 37.3 Å². The van der Waals surface area contributed by atoms with Gasteiger partial charge in [0.25, 0.3) is 0 Å². The molecular formula is C74H140O17P2. The SMILES string of the molecule is CCCCCC/C=C\C=C/CCCCCCCC(=O)O[C@H](COC(=O)CCCCCCCCCCCCCCCCC(C)CC)COP(=O)(O)OC[C@@H](O)COP(=O)(O)OC[C@@H](COC(=O)CCCCCCCCC(C)CC)OC(=O)CCCCCCCCC(C)CC. The zero-order chi connectivity index (χ0) is 68.7. The highest BCUT2D eigenvalue weighted by Crippen LogP contribution is 2.45. The van der Waals surface area contributed by atoms with Gasteiger partial charge in [-0.2, -0.15) is 0 Å². The Morgan fingerprint density at radius 3 is 0.903 bits per heavy atom. The molecule has 0 spiro atoms. The van der Waals surface area contributed by atoms with Crippen molar-refractivity contribution in [1.29, 1.82) is 0 Å². The number of hydrogen-bond acceptors (Lipinski definition) is 15. The van der Waals surface area contributed by atoms with Crippen LogP contribution >= 0.6 is 15.6 Å². The van der Waals surface area contributed by atoms with E-state index < -0.39 is 97.5 Å². The van der Waals surface area contributed by atoms with Crippen LogP contribution in [0, 0.1) is 17.8 Å². The van der Waals surface area contributed by atoms with Gasteiger partial charge in [-0.15, -0.1) is 0 Å². The summed E-state index contributed by atoms with van der Waals surface area (Å²) in [5.74, 6) is 0.140. The van der Waals surface area contributed by atoms with Crippen LogP contribution in [-0.4, -0.2) is 96.7 Å². The van der Waals surface area contributed by atoms with Gasteiger partial charge in [0.1, 0.15) is 19.3 Å². The van der Waals surface area contributed by atoms with E-state index in [9.17, 15) is 43.2 Å². The van der Waals surface area contributed by atoms with Crippen LogP contribution in [0.4, 0.5) is 0 Å². The van der Waals surface area contributed by atoms with Gasteiger partial charge in [0, 0.05) is 25.7 Å². The second-order valence-corrected chi connectivity index (χ2v) is 29.6. The van der Waals surface area contributed by atoms with Crippen LogP contribution in [0.5, 0.6) is 0 Å². The molecule has 0 fully saturated rings. The number of ether oxygens (including phenoxy) is 4. The van der Waals surface area contributed by atoms with Gasteiger partial charge in [0.2, 0.25) is 0 Å². The standard InChI is InChI=1S/C74H140O17P2/c1-8-12-13-14-15-16-17-18-19-24-27-30-33-43-50-57-73(78)90-69(61-84-71(76)55-48-41-32-29-26-23-21-20-22-25-28-31-38-45-52-65(5)9-2)63-88-92(80,81)86-59-68(75)60-87-93(82,83)89-64-70(91-74(79)58-51-44-37-35-40-47-54-67(7)11-4)62-85-72(77)56-49-42-36-34-39-46-53-66(6)10-3/h16-19,65-70,75H,8-15,20-64H2,1-7H3,(H,80,81)(H,82,83)/b17-16-,19-18-/t65?,66?,67?,68-,69-,70-/m1/s1. The number of aliphatic hydroxyl groups excluding tert-OH is 1. The number of unbranched alkanes of at least 4 members (excludes halogenated alkanes) is 32. The molecule has 93 heavy (non-hydrogen) atoms. The third-order valence-corrected chi connectivity index (χ3v) is 19.5. The molecule has 0 aromatic rings. The van der Waals surface area contributed by atoms with E-state index in [1.165, 1.54) is 141 Å². The highest BCUT2D eigenvalue weighted by Gasteiger charge is 2.30. The maximum Gasteiger partial charge on any atom is 0.472 e. The van der Waals surface area contributed by atoms with Crippen molar-refractivity contribution in [2.45, 2.75) is 369 Å². The number of carbonyl (C=O) groups excluding carboxylic acids is 4. The van der Waals surface area contributed by atoms with Gasteiger partial charge in [-0.25, -0.2) is 9.13 Å². The zero-order valence-electron chi connectivity index (χ0n) is 60.2. The Morgan fingerprint density at radius 2 is 0.602 bits per heavy atom. The van der Waals surface area contributed by atoms with E-state index in [-0.39, 0.29) is 25.7 Å². The Balaban J connectivity index is 5.27. The predicted octanol–water partition coefficient (Wildman–Crippen LogP) is 21.0. The van der Waals surface area contributed by atoms with Crippen LogP contribution in [0.25, 0.3) is 0 Å². The molecule has 0 aliphatic carbocycles. The molecule has 3 N–H and O–H groups in total. The van der Waals surface area contributed by atoms with E-state index in [0.717, 1.165) is 127 Å². The second-order valence-electron chi connectivity index (χ2n) is 26.7. The lowest BCUT2D eigenvalue weighted by molar-refractivity contribution is -0.161. The molecule has 0 aromatic carbocycles. The molecule has 5 unspecified atom stereocenters. The second kappa shape index (κ2) is 64.2. The average molecular weight is 1360 g/mol. The van der Waals surface area contributed by atoms with Crippen molar-refractivity contribution < 1.29 is 80.2 Å². The molecule has 17 nitrogen and oxygen atoms in total. The normalized spacial score (nSPS) is 15.2. The number of carbonyl (C=O) groups is 4. The lowest BCUT2D eigenvalue weighted by Crippen LogP contribution is -2.30. The molecule has 0 rings (SSSR count). The largest absolute Gasteiger partial charge is 0.472 e. The number of hydrogen-bond donors (Lipinski definition) is 3. The molecule has 0 aromatic heterocycles. The minimum atomic E-state index is -4.96. The summed E-state index contributed by atoms with van der Waals surface area (Å²) in [7, 11) is -9.92. The number of aliphatic hydroxyl groups is 1. The van der Waals surface area contributed by atoms with Crippen molar-refractivity contribution in [3.8, 4) is 0 Å². The Hall–Kier alpha value is -2.46. The molecular weight excluding hydrogens is 1220 g/mol. The van der Waals surface area contributed by atoms with Gasteiger partial charge in [0.15, 0.2) is 12.2 Å². The Labute approximate surface area is 567 Å². The topological polar surface area (TPSA) is 237 Å². The summed E-state index contributed by atoms with van der Waals surface area (Å²) in [5, 5.41) is 10.6. The fourth-order valence-corrected chi connectivity index (χ4v) is 12.2. The molecule has 0 heterocycles. The minimum Gasteiger partial charge on any atom is -0.462 e. The monoisotopic (exact) mass is 1360 g/mol. The summed E-state index contributed by atoms with van der Waals surface area (Å²) in [4.78, 5) is 72.6. The molecule has 19 heteroatoms. The van der Waals surface area contributed by atoms with Gasteiger partial charge in [-0.1, -0.05) is 297 Å². The fourth-order valence-electron chi connectivity index (χ4n) is 10.6. The zero-order valence-corrected chi connectivity index (χ0v) is 62.0. The van der Waals surface area contributed by atoms with E-state index in [4.69, 9.17) is 37.0 Å². The smallest absolute Gasteiger partial charge is 0.462 e. The van der Waals surface area contributed by atoms with Gasteiger partial charge in [-0.05, 0) is 69.1 Å². The van der Waals surface area contributed by atoms with Crippen LogP contribution in [0.2, 0.25) is 0 Å². The first-order valence-corrected chi connectivity index (χ1v) is 40.8. The molecule has 0 bridgehead atoms. The average Bonchev–Trinajstić information content (AvgIpc) is 1.72. The molecule has 548 valence electrons. The van der Waals surface area contributed by atoms with Crippen LogP contribution in [0.1, 0.15) is 350 Å². The molecule has 0 radical (unpaired) electrons. The maximum absolute atomic E-state index is 13.1. The van der Waals surface area contributed by atoms with Gasteiger partial charge in [0.05, 0.1) is 26.4 Å². The lowest BCUT2D eigenvalue weighted by atomic mass is 9.99. The molecule has 0 amide bonds. The summed E-state index contributed by atoms with van der Waals surface area (Å²) in [5.41, 5.74) is 0. The van der Waals surface area contributed by atoms with Crippen molar-refractivity contribution in [1.82, 2.24) is 0 Å². The highest BCUT2D eigenvalue weighted by molar-refractivity contribution is 7.47. The van der Waals surface area contributed by atoms with Crippen molar-refractivity contribution in [2.75, 3.05) is 39.6 Å². The highest BCUT2D eigenvalue weighted by atomic mass is 31.2. The molecule has 0 saturated heterocycles. The summed E-state index contributed by atoms with van der Waals surface area (Å²) >= 11 is 0. The quantitative estimate of drug-likeness (QED) is 0.0169. The number of rotatable bonds is 70. The van der Waals surface area contributed by atoms with Gasteiger partial charge >= 0.3 is 39.5 Å². The van der Waals surface area contributed by atoms with E-state index in [2.05, 4.69) is 72.8 Å². The van der Waals surface area contributed by atoms with E-state index >= 15 is 0 Å². The molecule has 0 aliphatic rings. The molecule has 0 saturated carbocycles. The van der Waals surface area contributed by atoms with Crippen molar-refractivity contribution in [3.05, 3.63) is 24.3 Å². The van der Waals surface area contributed by atoms with Crippen molar-refractivity contribution in [3.63, 3.8) is 0 Å². The van der Waals surface area contributed by atoms with Crippen molar-refractivity contribution >= 4 is 39.5 Å². The summed E-state index contributed by atoms with van der Waals surface area (Å²) in [6, 6.07) is 0. The first-order valence-electron chi connectivity index (χ1n) is 37.8. The lowest BCUT2D eigenvalue weighted by Gasteiger charge is -2.21. The number of phosphoric acid groups is 2. The van der Waals surface area contributed by atoms with Crippen LogP contribution in [0.15, 0.2) is 24.3 Å². The molecule has 0 aliphatic heterocycles. The van der Waals surface area contributed by atoms with Crippen LogP contribution in [-0.2, 0) is 65.4 Å². The van der Waals surface area contributed by atoms with E-state index in [0.29, 0.717) is 25.7 Å². The Kier molecular flexibility index (Phi) is 62.5. The predicted molar refractivity (Wildman–Crippen MR) is 377 cm³/mol. The maximum atomic E-state index is 13.1. The summed E-state index contributed by atoms with van der Waals surface area (Å²) in [6.45, 7) is 11.8. The van der Waals surface area contributed by atoms with Crippen LogP contribution < -0.4 is 0 Å². The van der Waals surface area contributed by atoms with E-state index in [1.807, 2.05) is 0 Å². The first kappa shape index (κ1) is 90.5. The summed E-state index contributed by atoms with van der Waals surface area (Å²) < 4.78 is 68.3. The van der Waals surface area contributed by atoms with Crippen molar-refractivity contribution in [2.24, 2.45) is 17.8 Å². The number of phosphoric ester groups is 2. The third-order valence-electron chi connectivity index (χ3n) is 17.6. The molecule has 8 atom stereocenters. The number of esters is 4.